The number of nitrogens with zero attached hydrogens (tertiary/aromatic N) is 5. The highest BCUT2D eigenvalue weighted by Crippen LogP contribution is 2.32. The van der Waals surface area contributed by atoms with Crippen molar-refractivity contribution in [3.63, 3.8) is 0 Å². The van der Waals surface area contributed by atoms with Crippen molar-refractivity contribution in [1.82, 2.24) is 35.5 Å². The predicted octanol–water partition coefficient (Wildman–Crippen LogP) is 0.300. The van der Waals surface area contributed by atoms with Crippen LogP contribution in [-0.2, 0) is 20.9 Å². The first-order chi connectivity index (χ1) is 16.3. The van der Waals surface area contributed by atoms with E-state index in [0.717, 1.165) is 12.8 Å². The number of fused-ring (bicyclic) bond motifs is 1. The van der Waals surface area contributed by atoms with E-state index in [1.807, 2.05) is 13.8 Å². The van der Waals surface area contributed by atoms with Crippen molar-refractivity contribution in [2.75, 3.05) is 20.1 Å². The Morgan fingerprint density at radius 3 is 2.76 bits per heavy atom. The van der Waals surface area contributed by atoms with Gasteiger partial charge in [-0.2, -0.15) is 0 Å². The van der Waals surface area contributed by atoms with Crippen LogP contribution in [0.1, 0.15) is 32.4 Å². The first-order valence-electron chi connectivity index (χ1n) is 11.5. The maximum Gasteiger partial charge on any atom is 0.280 e. The van der Waals surface area contributed by atoms with Crippen molar-refractivity contribution in [3.05, 3.63) is 47.9 Å². The number of aliphatic hydroxyl groups excluding tert-OH is 1. The zero-order valence-corrected chi connectivity index (χ0v) is 19.6. The lowest BCUT2D eigenvalue weighted by molar-refractivity contribution is -0.142. The standard InChI is InChI=1S/C23H31N7O4/c1-14(2)12-29-21-15(4-7-18(31)28(3)13-17-11-24-8-9-25-17)10-26-30(21)23(34)19(22(29)33)20(32)27-16-5-6-16/h4,7-9,11,14-16,21,26,33H,5-6,10,12-13H2,1-3H3,(H,27,32)/b7-4+. The van der Waals surface area contributed by atoms with Crippen LogP contribution in [0.2, 0.25) is 0 Å². The Bertz CT molecular complexity index is 1010. The molecule has 182 valence electrons. The lowest BCUT2D eigenvalue weighted by atomic mass is 10.0. The van der Waals surface area contributed by atoms with E-state index in [4.69, 9.17) is 0 Å². The molecule has 3 heterocycles. The van der Waals surface area contributed by atoms with E-state index in [1.165, 1.54) is 16.0 Å². The van der Waals surface area contributed by atoms with Crippen LogP contribution >= 0.6 is 0 Å². The van der Waals surface area contributed by atoms with Crippen LogP contribution in [0.3, 0.4) is 0 Å². The number of carbonyl (C=O) groups excluding carboxylic acids is 3. The zero-order chi connectivity index (χ0) is 24.4. The van der Waals surface area contributed by atoms with Crippen LogP contribution < -0.4 is 10.7 Å². The zero-order valence-electron chi connectivity index (χ0n) is 19.6. The predicted molar refractivity (Wildman–Crippen MR) is 122 cm³/mol. The number of likely N-dealkylation sites (N-methyl/N-ethyl adjacent to an activating group) is 1. The molecule has 0 radical (unpaired) electrons. The summed E-state index contributed by atoms with van der Waals surface area (Å²) in [5, 5.41) is 15.2. The molecule has 2 unspecified atom stereocenters. The molecule has 1 saturated carbocycles. The van der Waals surface area contributed by atoms with Gasteiger partial charge >= 0.3 is 0 Å². The molecule has 0 aromatic carbocycles. The third-order valence-corrected chi connectivity index (χ3v) is 5.97. The maximum atomic E-state index is 13.1. The fourth-order valence-electron chi connectivity index (χ4n) is 4.15. The van der Waals surface area contributed by atoms with Crippen LogP contribution in [0.15, 0.2) is 42.2 Å². The summed E-state index contributed by atoms with van der Waals surface area (Å²) in [4.78, 5) is 49.9. The minimum absolute atomic E-state index is 0.0592. The van der Waals surface area contributed by atoms with E-state index in [-0.39, 0.29) is 35.2 Å². The lowest BCUT2D eigenvalue weighted by Gasteiger charge is -2.42. The molecule has 11 heteroatoms. The molecule has 0 spiro atoms. The molecule has 2 aliphatic heterocycles. The maximum absolute atomic E-state index is 13.1. The Morgan fingerprint density at radius 1 is 1.35 bits per heavy atom. The number of hydrogen-bond acceptors (Lipinski definition) is 8. The van der Waals surface area contributed by atoms with Crippen molar-refractivity contribution < 1.29 is 19.5 Å². The highest BCUT2D eigenvalue weighted by Gasteiger charge is 2.49. The number of nitrogens with one attached hydrogen (secondary N) is 2. The third kappa shape index (κ3) is 5.04. The molecule has 3 N–H and O–H groups in total. The summed E-state index contributed by atoms with van der Waals surface area (Å²) in [6.07, 6.45) is 9.17. The third-order valence-electron chi connectivity index (χ3n) is 5.97. The number of hydrazine groups is 1. The van der Waals surface area contributed by atoms with Gasteiger partial charge in [0, 0.05) is 44.5 Å². The Morgan fingerprint density at radius 2 is 2.12 bits per heavy atom. The van der Waals surface area contributed by atoms with Gasteiger partial charge in [-0.1, -0.05) is 19.9 Å². The Balaban J connectivity index is 1.52. The van der Waals surface area contributed by atoms with Gasteiger partial charge in [0.15, 0.2) is 5.57 Å². The summed E-state index contributed by atoms with van der Waals surface area (Å²) >= 11 is 0. The van der Waals surface area contributed by atoms with Gasteiger partial charge in [-0.25, -0.2) is 10.4 Å². The van der Waals surface area contributed by atoms with E-state index < -0.39 is 18.0 Å². The van der Waals surface area contributed by atoms with Crippen molar-refractivity contribution in [1.29, 1.82) is 0 Å². The molecule has 3 aliphatic rings. The Labute approximate surface area is 198 Å². The fraction of sp³-hybridized carbons (Fsp3) is 0.522. The molecule has 1 saturated heterocycles. The van der Waals surface area contributed by atoms with Crippen molar-refractivity contribution in [2.45, 2.75) is 45.4 Å². The molecule has 2 atom stereocenters. The first-order valence-corrected chi connectivity index (χ1v) is 11.5. The number of carbonyl (C=O) groups is 3. The Kier molecular flexibility index (Phi) is 6.82. The highest BCUT2D eigenvalue weighted by molar-refractivity contribution is 6.19. The van der Waals surface area contributed by atoms with Crippen molar-refractivity contribution in [2.24, 2.45) is 11.8 Å². The molecule has 4 rings (SSSR count). The normalized spacial score (nSPS) is 22.5. The molecule has 34 heavy (non-hydrogen) atoms. The fourth-order valence-corrected chi connectivity index (χ4v) is 4.15. The van der Waals surface area contributed by atoms with Crippen LogP contribution in [0, 0.1) is 11.8 Å². The molecule has 11 nitrogen and oxygen atoms in total. The second kappa shape index (κ2) is 9.80. The van der Waals surface area contributed by atoms with E-state index >= 15 is 0 Å². The SMILES string of the molecule is CC(C)CN1C(O)=C(C(=O)NC2CC2)C(=O)N2NCC(/C=C/C(=O)N(C)Cc3cnccn3)C12. The van der Waals surface area contributed by atoms with E-state index in [2.05, 4.69) is 20.7 Å². The molecule has 1 aliphatic carbocycles. The number of amides is 3. The van der Waals surface area contributed by atoms with Crippen molar-refractivity contribution in [3.8, 4) is 0 Å². The monoisotopic (exact) mass is 469 g/mol. The summed E-state index contributed by atoms with van der Waals surface area (Å²) in [6, 6.07) is 0.0592. The molecular formula is C23H31N7O4. The van der Waals surface area contributed by atoms with Gasteiger partial charge in [-0.05, 0) is 24.8 Å². The van der Waals surface area contributed by atoms with Gasteiger partial charge in [0.2, 0.25) is 11.8 Å². The summed E-state index contributed by atoms with van der Waals surface area (Å²) in [5.41, 5.74) is 3.48. The van der Waals surface area contributed by atoms with Crippen LogP contribution in [0.5, 0.6) is 0 Å². The van der Waals surface area contributed by atoms with E-state index in [1.54, 1.807) is 36.6 Å². The largest absolute Gasteiger partial charge is 0.494 e. The first kappa shape index (κ1) is 23.7. The van der Waals surface area contributed by atoms with Gasteiger partial charge < -0.3 is 20.2 Å². The van der Waals surface area contributed by atoms with Gasteiger partial charge in [0.1, 0.15) is 6.17 Å². The van der Waals surface area contributed by atoms with Gasteiger partial charge in [0.25, 0.3) is 11.8 Å². The van der Waals surface area contributed by atoms with Crippen LogP contribution in [0.4, 0.5) is 0 Å². The second-order valence-electron chi connectivity index (χ2n) is 9.36. The summed E-state index contributed by atoms with van der Waals surface area (Å²) in [7, 11) is 1.68. The molecule has 1 aromatic rings. The summed E-state index contributed by atoms with van der Waals surface area (Å²) < 4.78 is 0. The number of rotatable bonds is 8. The van der Waals surface area contributed by atoms with Crippen LogP contribution in [-0.4, -0.2) is 79.9 Å². The molecule has 3 amide bonds. The average molecular weight is 470 g/mol. The lowest BCUT2D eigenvalue weighted by Crippen LogP contribution is -2.59. The topological polar surface area (TPSA) is 131 Å². The minimum atomic E-state index is -0.567. The van der Waals surface area contributed by atoms with Gasteiger partial charge in [-0.15, -0.1) is 0 Å². The van der Waals surface area contributed by atoms with Crippen LogP contribution in [0.25, 0.3) is 0 Å². The van der Waals surface area contributed by atoms with Gasteiger partial charge in [-0.3, -0.25) is 24.4 Å². The summed E-state index contributed by atoms with van der Waals surface area (Å²) in [6.45, 7) is 5.13. The van der Waals surface area contributed by atoms with Gasteiger partial charge in [0.05, 0.1) is 18.4 Å². The average Bonchev–Trinajstić information content (AvgIpc) is 3.50. The highest BCUT2D eigenvalue weighted by atomic mass is 16.3. The molecular weight excluding hydrogens is 438 g/mol. The van der Waals surface area contributed by atoms with Crippen molar-refractivity contribution >= 4 is 17.7 Å². The Hall–Kier alpha value is -3.47. The second-order valence-corrected chi connectivity index (χ2v) is 9.36. The number of aliphatic hydroxyl groups is 1. The smallest absolute Gasteiger partial charge is 0.280 e. The quantitative estimate of drug-likeness (QED) is 0.366. The number of hydrogen-bond donors (Lipinski definition) is 3. The molecule has 1 aromatic heterocycles. The summed E-state index contributed by atoms with van der Waals surface area (Å²) in [5.74, 6) is -1.76. The van der Waals surface area contributed by atoms with E-state index in [0.29, 0.717) is 25.3 Å². The number of aromatic nitrogens is 2. The van der Waals surface area contributed by atoms with E-state index in [9.17, 15) is 19.5 Å². The minimum Gasteiger partial charge on any atom is -0.494 e. The molecule has 2 fully saturated rings. The molecule has 0 bridgehead atoms.